The summed E-state index contributed by atoms with van der Waals surface area (Å²) in [5, 5.41) is 15.8. The highest BCUT2D eigenvalue weighted by Gasteiger charge is 2.38. The number of rotatable bonds is 5. The van der Waals surface area contributed by atoms with Gasteiger partial charge in [0.15, 0.2) is 0 Å². The predicted molar refractivity (Wildman–Crippen MR) is 123 cm³/mol. The highest BCUT2D eigenvalue weighted by molar-refractivity contribution is 6.00. The number of anilines is 1. The van der Waals surface area contributed by atoms with Crippen molar-refractivity contribution in [1.29, 1.82) is 5.26 Å². The third-order valence-electron chi connectivity index (χ3n) is 5.66. The van der Waals surface area contributed by atoms with Crippen molar-refractivity contribution in [3.63, 3.8) is 0 Å². The van der Waals surface area contributed by atoms with Gasteiger partial charge >= 0.3 is 0 Å². The Bertz CT molecular complexity index is 1250. The summed E-state index contributed by atoms with van der Waals surface area (Å²) in [4.78, 5) is 43.6. The summed E-state index contributed by atoms with van der Waals surface area (Å²) in [7, 11) is 0. The summed E-state index contributed by atoms with van der Waals surface area (Å²) in [6, 6.07) is 17.5. The maximum atomic E-state index is 12.8. The van der Waals surface area contributed by atoms with Crippen molar-refractivity contribution in [2.75, 3.05) is 18.4 Å². The molecule has 2 atom stereocenters. The van der Waals surface area contributed by atoms with Crippen molar-refractivity contribution in [3.05, 3.63) is 71.9 Å². The van der Waals surface area contributed by atoms with E-state index in [4.69, 9.17) is 0 Å². The van der Waals surface area contributed by atoms with Gasteiger partial charge in [-0.2, -0.15) is 5.26 Å². The van der Waals surface area contributed by atoms with Crippen LogP contribution in [0.15, 0.2) is 60.8 Å². The quantitative estimate of drug-likeness (QED) is 0.632. The molecule has 1 aromatic heterocycles. The van der Waals surface area contributed by atoms with Gasteiger partial charge in [-0.15, -0.1) is 0 Å². The van der Waals surface area contributed by atoms with E-state index in [0.717, 1.165) is 16.5 Å². The van der Waals surface area contributed by atoms with E-state index in [1.54, 1.807) is 36.5 Å². The number of likely N-dealkylation sites (tertiary alicyclic amines) is 1. The normalized spacial score (nSPS) is 17.4. The zero-order valence-corrected chi connectivity index (χ0v) is 18.1. The number of amides is 3. The molecule has 166 valence electrons. The fraction of sp³-hybridized carbons (Fsp3) is 0.240. The van der Waals surface area contributed by atoms with E-state index in [0.29, 0.717) is 11.3 Å². The number of carbonyl (C=O) groups is 3. The molecule has 33 heavy (non-hydrogen) atoms. The molecule has 1 fully saturated rings. The van der Waals surface area contributed by atoms with Crippen LogP contribution in [0.5, 0.6) is 0 Å². The lowest BCUT2D eigenvalue weighted by Crippen LogP contribution is -2.42. The number of nitrogens with one attached hydrogen (secondary N) is 2. The van der Waals surface area contributed by atoms with E-state index in [9.17, 15) is 19.6 Å². The second-order valence-corrected chi connectivity index (χ2v) is 8.08. The van der Waals surface area contributed by atoms with E-state index in [1.807, 2.05) is 31.2 Å². The van der Waals surface area contributed by atoms with E-state index in [1.165, 1.54) is 4.90 Å². The minimum Gasteiger partial charge on any atom is -0.343 e. The Labute approximate surface area is 191 Å². The van der Waals surface area contributed by atoms with Crippen molar-refractivity contribution in [2.24, 2.45) is 5.92 Å². The lowest BCUT2D eigenvalue weighted by Gasteiger charge is -2.20. The second-order valence-electron chi connectivity index (χ2n) is 8.08. The van der Waals surface area contributed by atoms with Gasteiger partial charge in [0, 0.05) is 29.4 Å². The number of hydrogen-bond acceptors (Lipinski definition) is 5. The number of nitrogens with zero attached hydrogens (tertiary/aromatic N) is 3. The van der Waals surface area contributed by atoms with E-state index >= 15 is 0 Å². The minimum absolute atomic E-state index is 0.131. The third kappa shape index (κ3) is 4.99. The number of aromatic nitrogens is 1. The summed E-state index contributed by atoms with van der Waals surface area (Å²) < 4.78 is 0. The average molecular weight is 441 g/mol. The molecule has 1 saturated heterocycles. The highest BCUT2D eigenvalue weighted by Crippen LogP contribution is 2.24. The monoisotopic (exact) mass is 441 g/mol. The summed E-state index contributed by atoms with van der Waals surface area (Å²) in [5.41, 5.74) is 2.84. The molecule has 3 aromatic rings. The molecule has 3 amide bonds. The molecule has 8 heteroatoms. The molecule has 2 N–H and O–H groups in total. The van der Waals surface area contributed by atoms with Gasteiger partial charge in [0.1, 0.15) is 6.04 Å². The maximum Gasteiger partial charge on any atom is 0.251 e. The van der Waals surface area contributed by atoms with Gasteiger partial charge in [0.25, 0.3) is 5.91 Å². The number of aryl methyl sites for hydroxylation is 1. The summed E-state index contributed by atoms with van der Waals surface area (Å²) in [6.07, 6.45) is 2.02. The Kier molecular flexibility index (Phi) is 6.31. The number of para-hydroxylation sites is 1. The molecule has 4 rings (SSSR count). The fourth-order valence-corrected chi connectivity index (χ4v) is 3.93. The van der Waals surface area contributed by atoms with Crippen LogP contribution in [0.4, 0.5) is 5.69 Å². The fourth-order valence-electron chi connectivity index (χ4n) is 3.93. The average Bonchev–Trinajstić information content (AvgIpc) is 3.27. The second kappa shape index (κ2) is 9.49. The van der Waals surface area contributed by atoms with Crippen LogP contribution in [0.25, 0.3) is 10.9 Å². The Morgan fingerprint density at radius 2 is 1.94 bits per heavy atom. The van der Waals surface area contributed by atoms with Crippen molar-refractivity contribution in [2.45, 2.75) is 19.4 Å². The van der Waals surface area contributed by atoms with Crippen LogP contribution in [0.1, 0.15) is 22.3 Å². The first kappa shape index (κ1) is 22.0. The smallest absolute Gasteiger partial charge is 0.251 e. The first-order chi connectivity index (χ1) is 15.9. The molecule has 0 spiro atoms. The van der Waals surface area contributed by atoms with Crippen molar-refractivity contribution in [1.82, 2.24) is 15.2 Å². The molecule has 2 unspecified atom stereocenters. The lowest BCUT2D eigenvalue weighted by molar-refractivity contribution is -0.130. The van der Waals surface area contributed by atoms with Gasteiger partial charge < -0.3 is 15.5 Å². The van der Waals surface area contributed by atoms with Gasteiger partial charge in [-0.1, -0.05) is 18.2 Å². The zero-order valence-electron chi connectivity index (χ0n) is 18.1. The van der Waals surface area contributed by atoms with Crippen LogP contribution in [0.3, 0.4) is 0 Å². The molecule has 0 saturated carbocycles. The van der Waals surface area contributed by atoms with Crippen LogP contribution in [0.2, 0.25) is 0 Å². The Hall–Kier alpha value is -4.25. The molecule has 1 aliphatic heterocycles. The Morgan fingerprint density at radius 3 is 2.70 bits per heavy atom. The van der Waals surface area contributed by atoms with E-state index in [2.05, 4.69) is 21.7 Å². The van der Waals surface area contributed by atoms with E-state index in [-0.39, 0.29) is 25.4 Å². The number of hydrogen-bond donors (Lipinski definition) is 2. The number of benzene rings is 2. The van der Waals surface area contributed by atoms with Gasteiger partial charge in [0.05, 0.1) is 24.0 Å². The molecular formula is C25H23N5O3. The summed E-state index contributed by atoms with van der Waals surface area (Å²) >= 11 is 0. The van der Waals surface area contributed by atoms with Crippen LogP contribution in [-0.2, 0) is 9.59 Å². The Balaban J connectivity index is 1.37. The molecule has 2 aromatic carbocycles. The van der Waals surface area contributed by atoms with Gasteiger partial charge in [-0.05, 0) is 55.3 Å². The van der Waals surface area contributed by atoms with Crippen molar-refractivity contribution >= 4 is 34.3 Å². The molecule has 0 aliphatic carbocycles. The van der Waals surface area contributed by atoms with Gasteiger partial charge in [-0.3, -0.25) is 19.4 Å². The SMILES string of the molecule is Cc1cnc2ccc(C(=O)NCC(=O)N3CC(C(=O)Nc4ccccc4)CC3C#N)cc2c1. The standard InChI is InChI=1S/C25H23N5O3/c1-16-9-18-10-17(7-8-22(18)27-13-16)24(32)28-14-23(31)30-15-19(11-21(30)12-26)25(33)29-20-5-3-2-4-6-20/h2-10,13,19,21H,11,14-15H2,1H3,(H,28,32)(H,29,33). The van der Waals surface area contributed by atoms with Crippen molar-refractivity contribution < 1.29 is 14.4 Å². The molecule has 1 aliphatic rings. The number of carbonyl (C=O) groups excluding carboxylic acids is 3. The molecule has 0 bridgehead atoms. The Morgan fingerprint density at radius 1 is 1.15 bits per heavy atom. The number of pyridine rings is 1. The van der Waals surface area contributed by atoms with Crippen LogP contribution in [0, 0.1) is 24.2 Å². The molecular weight excluding hydrogens is 418 g/mol. The van der Waals surface area contributed by atoms with Crippen LogP contribution >= 0.6 is 0 Å². The molecule has 8 nitrogen and oxygen atoms in total. The minimum atomic E-state index is -0.712. The molecule has 0 radical (unpaired) electrons. The lowest BCUT2D eigenvalue weighted by atomic mass is 10.1. The summed E-state index contributed by atoms with van der Waals surface area (Å²) in [6.45, 7) is 1.80. The van der Waals surface area contributed by atoms with Crippen molar-refractivity contribution in [3.8, 4) is 6.07 Å². The highest BCUT2D eigenvalue weighted by atomic mass is 16.2. The summed E-state index contributed by atoms with van der Waals surface area (Å²) in [5.74, 6) is -1.52. The first-order valence-electron chi connectivity index (χ1n) is 10.6. The molecule has 2 heterocycles. The number of nitriles is 1. The van der Waals surface area contributed by atoms with Gasteiger partial charge in [-0.25, -0.2) is 0 Å². The van der Waals surface area contributed by atoms with Gasteiger partial charge in [0.2, 0.25) is 11.8 Å². The predicted octanol–water partition coefficient (Wildman–Crippen LogP) is 2.65. The van der Waals surface area contributed by atoms with Crippen LogP contribution in [-0.4, -0.2) is 46.7 Å². The van der Waals surface area contributed by atoms with E-state index < -0.39 is 23.8 Å². The zero-order chi connectivity index (χ0) is 23.4. The largest absolute Gasteiger partial charge is 0.343 e. The maximum absolute atomic E-state index is 12.8. The third-order valence-corrected chi connectivity index (χ3v) is 5.66. The topological polar surface area (TPSA) is 115 Å². The number of fused-ring (bicyclic) bond motifs is 1. The van der Waals surface area contributed by atoms with Crippen LogP contribution < -0.4 is 10.6 Å². The first-order valence-corrected chi connectivity index (χ1v) is 10.6.